The third kappa shape index (κ3) is 3.84. The zero-order chi connectivity index (χ0) is 14.6. The fraction of sp³-hybridized carbons (Fsp3) is 0.615. The van der Waals surface area contributed by atoms with E-state index in [9.17, 15) is 8.42 Å². The highest BCUT2D eigenvalue weighted by Gasteiger charge is 2.28. The minimum absolute atomic E-state index is 0.0181. The van der Waals surface area contributed by atoms with E-state index in [1.54, 1.807) is 10.5 Å². The van der Waals surface area contributed by atoms with E-state index < -0.39 is 10.0 Å². The quantitative estimate of drug-likeness (QED) is 0.771. The fourth-order valence-corrected chi connectivity index (χ4v) is 4.25. The van der Waals surface area contributed by atoms with Crippen LogP contribution in [0, 0.1) is 5.92 Å². The maximum absolute atomic E-state index is 12.2. The lowest BCUT2D eigenvalue weighted by Gasteiger charge is -2.35. The molecule has 0 aromatic carbocycles. The summed E-state index contributed by atoms with van der Waals surface area (Å²) in [4.78, 5) is 6.40. The highest BCUT2D eigenvalue weighted by molar-refractivity contribution is 7.89. The van der Waals surface area contributed by atoms with Crippen molar-refractivity contribution >= 4 is 27.4 Å². The Bertz CT molecular complexity index is 516. The number of anilines is 1. The zero-order valence-corrected chi connectivity index (χ0v) is 13.1. The molecule has 2 rings (SSSR count). The largest absolute Gasteiger partial charge is 0.354 e. The number of halogens is 1. The molecule has 1 atom stereocenters. The summed E-state index contributed by atoms with van der Waals surface area (Å²) in [7, 11) is -3.20. The lowest BCUT2D eigenvalue weighted by atomic mass is 10.3. The molecule has 0 amide bonds. The number of sulfonamides is 1. The van der Waals surface area contributed by atoms with Crippen molar-refractivity contribution in [1.82, 2.24) is 9.29 Å². The predicted molar refractivity (Wildman–Crippen MR) is 81.7 cm³/mol. The smallest absolute Gasteiger partial charge is 0.214 e. The van der Waals surface area contributed by atoms with E-state index in [4.69, 9.17) is 11.6 Å². The first-order valence-corrected chi connectivity index (χ1v) is 8.87. The van der Waals surface area contributed by atoms with Crippen LogP contribution in [0.1, 0.15) is 6.92 Å². The second-order valence-electron chi connectivity index (χ2n) is 5.11. The van der Waals surface area contributed by atoms with Crippen molar-refractivity contribution in [3.8, 4) is 0 Å². The van der Waals surface area contributed by atoms with Gasteiger partial charge in [-0.25, -0.2) is 13.4 Å². The number of rotatable bonds is 5. The molecule has 1 saturated heterocycles. The molecule has 5 nitrogen and oxygen atoms in total. The van der Waals surface area contributed by atoms with Gasteiger partial charge in [-0.15, -0.1) is 11.6 Å². The zero-order valence-electron chi connectivity index (χ0n) is 11.6. The van der Waals surface area contributed by atoms with E-state index in [2.05, 4.69) is 9.88 Å². The summed E-state index contributed by atoms with van der Waals surface area (Å²) in [5.74, 6) is 1.38. The maximum atomic E-state index is 12.2. The molecule has 1 aromatic heterocycles. The van der Waals surface area contributed by atoms with Crippen LogP contribution >= 0.6 is 11.6 Å². The molecule has 1 aliphatic heterocycles. The molecular formula is C13H20ClN3O2S. The van der Waals surface area contributed by atoms with Gasteiger partial charge in [-0.1, -0.05) is 13.0 Å². The summed E-state index contributed by atoms with van der Waals surface area (Å²) >= 11 is 5.70. The highest BCUT2D eigenvalue weighted by atomic mass is 35.5. The van der Waals surface area contributed by atoms with Crippen LogP contribution in [0.2, 0.25) is 0 Å². The Morgan fingerprint density at radius 2 is 2.00 bits per heavy atom. The summed E-state index contributed by atoms with van der Waals surface area (Å²) < 4.78 is 26.0. The molecule has 0 N–H and O–H groups in total. The Balaban J connectivity index is 1.94. The Morgan fingerprint density at radius 3 is 2.55 bits per heavy atom. The number of piperazine rings is 1. The molecule has 0 aliphatic carbocycles. The minimum Gasteiger partial charge on any atom is -0.354 e. The van der Waals surface area contributed by atoms with Gasteiger partial charge in [-0.2, -0.15) is 4.31 Å². The Labute approximate surface area is 125 Å². The molecule has 1 fully saturated rings. The van der Waals surface area contributed by atoms with Crippen molar-refractivity contribution in [2.45, 2.75) is 6.92 Å². The van der Waals surface area contributed by atoms with Crippen molar-refractivity contribution in [2.24, 2.45) is 5.92 Å². The van der Waals surface area contributed by atoms with Crippen LogP contribution in [0.15, 0.2) is 24.4 Å². The Morgan fingerprint density at radius 1 is 1.30 bits per heavy atom. The number of pyridine rings is 1. The molecule has 7 heteroatoms. The van der Waals surface area contributed by atoms with Crippen molar-refractivity contribution < 1.29 is 8.42 Å². The Hall–Kier alpha value is -0.850. The SMILES string of the molecule is CC(CCl)CS(=O)(=O)N1CCN(c2ccccn2)CC1. The van der Waals surface area contributed by atoms with Gasteiger partial charge in [0.05, 0.1) is 5.75 Å². The summed E-state index contributed by atoms with van der Waals surface area (Å²) in [6.07, 6.45) is 1.75. The van der Waals surface area contributed by atoms with Crippen molar-refractivity contribution in [2.75, 3.05) is 42.7 Å². The van der Waals surface area contributed by atoms with Crippen molar-refractivity contribution in [1.29, 1.82) is 0 Å². The second-order valence-corrected chi connectivity index (χ2v) is 7.43. The van der Waals surface area contributed by atoms with Crippen LogP contribution in [0.25, 0.3) is 0 Å². The van der Waals surface area contributed by atoms with Crippen LogP contribution in [0.5, 0.6) is 0 Å². The highest BCUT2D eigenvalue weighted by Crippen LogP contribution is 2.16. The third-order valence-electron chi connectivity index (χ3n) is 3.36. The third-order valence-corrected chi connectivity index (χ3v) is 6.03. The monoisotopic (exact) mass is 317 g/mol. The van der Waals surface area contributed by atoms with Gasteiger partial charge in [0.25, 0.3) is 0 Å². The van der Waals surface area contributed by atoms with Gasteiger partial charge in [0.1, 0.15) is 5.82 Å². The first-order chi connectivity index (χ1) is 9.53. The van der Waals surface area contributed by atoms with Crippen LogP contribution in [-0.2, 0) is 10.0 Å². The van der Waals surface area contributed by atoms with Crippen molar-refractivity contribution in [3.63, 3.8) is 0 Å². The lowest BCUT2D eigenvalue weighted by Crippen LogP contribution is -2.50. The van der Waals surface area contributed by atoms with Gasteiger partial charge in [-0.05, 0) is 18.1 Å². The van der Waals surface area contributed by atoms with E-state index in [0.29, 0.717) is 32.1 Å². The molecule has 1 unspecified atom stereocenters. The van der Waals surface area contributed by atoms with Crippen LogP contribution < -0.4 is 4.90 Å². The fourth-order valence-electron chi connectivity index (χ4n) is 2.25. The lowest BCUT2D eigenvalue weighted by molar-refractivity contribution is 0.381. The van der Waals surface area contributed by atoms with E-state index in [0.717, 1.165) is 5.82 Å². The number of aromatic nitrogens is 1. The predicted octanol–water partition coefficient (Wildman–Crippen LogP) is 1.41. The minimum atomic E-state index is -3.20. The van der Waals surface area contributed by atoms with E-state index in [-0.39, 0.29) is 11.7 Å². The normalized spacial score (nSPS) is 19.0. The van der Waals surface area contributed by atoms with Crippen LogP contribution in [0.3, 0.4) is 0 Å². The molecule has 1 aliphatic rings. The number of hydrogen-bond donors (Lipinski definition) is 0. The van der Waals surface area contributed by atoms with Gasteiger partial charge >= 0.3 is 0 Å². The Kier molecular flexibility index (Phi) is 5.23. The first-order valence-electron chi connectivity index (χ1n) is 6.72. The van der Waals surface area contributed by atoms with Gasteiger partial charge in [0.15, 0.2) is 0 Å². The summed E-state index contributed by atoms with van der Waals surface area (Å²) in [6.45, 7) is 4.22. The average Bonchev–Trinajstić information content (AvgIpc) is 2.48. The molecule has 0 saturated carbocycles. The molecular weight excluding hydrogens is 298 g/mol. The molecule has 0 bridgehead atoms. The molecule has 1 aromatic rings. The van der Waals surface area contributed by atoms with Crippen molar-refractivity contribution in [3.05, 3.63) is 24.4 Å². The van der Waals surface area contributed by atoms with Crippen LogP contribution in [-0.4, -0.2) is 55.5 Å². The summed E-state index contributed by atoms with van der Waals surface area (Å²) in [5, 5.41) is 0. The van der Waals surface area contributed by atoms with E-state index >= 15 is 0 Å². The first kappa shape index (κ1) is 15.5. The molecule has 2 heterocycles. The van der Waals surface area contributed by atoms with Gasteiger partial charge in [-0.3, -0.25) is 0 Å². The topological polar surface area (TPSA) is 53.5 Å². The van der Waals surface area contributed by atoms with Gasteiger partial charge in [0.2, 0.25) is 10.0 Å². The van der Waals surface area contributed by atoms with E-state index in [1.807, 2.05) is 25.1 Å². The van der Waals surface area contributed by atoms with Crippen LogP contribution in [0.4, 0.5) is 5.82 Å². The number of alkyl halides is 1. The summed E-state index contributed by atoms with van der Waals surface area (Å²) in [5.41, 5.74) is 0. The standard InChI is InChI=1S/C13H20ClN3O2S/c1-12(10-14)11-20(18,19)17-8-6-16(7-9-17)13-4-2-3-5-15-13/h2-5,12H,6-11H2,1H3. The maximum Gasteiger partial charge on any atom is 0.214 e. The average molecular weight is 318 g/mol. The van der Waals surface area contributed by atoms with Gasteiger partial charge < -0.3 is 4.90 Å². The summed E-state index contributed by atoms with van der Waals surface area (Å²) in [6, 6.07) is 5.76. The van der Waals surface area contributed by atoms with Gasteiger partial charge in [0, 0.05) is 38.3 Å². The van der Waals surface area contributed by atoms with E-state index in [1.165, 1.54) is 0 Å². The number of hydrogen-bond acceptors (Lipinski definition) is 4. The molecule has 0 radical (unpaired) electrons. The number of nitrogens with zero attached hydrogens (tertiary/aromatic N) is 3. The molecule has 20 heavy (non-hydrogen) atoms. The second kappa shape index (κ2) is 6.74. The molecule has 0 spiro atoms. The molecule has 112 valence electrons.